The highest BCUT2D eigenvalue weighted by Gasteiger charge is 2.13. The molecule has 0 unspecified atom stereocenters. The van der Waals surface area contributed by atoms with Crippen LogP contribution in [-0.2, 0) is 6.61 Å². The van der Waals surface area contributed by atoms with E-state index >= 15 is 0 Å². The van der Waals surface area contributed by atoms with Gasteiger partial charge in [0, 0.05) is 17.7 Å². The fourth-order valence-electron chi connectivity index (χ4n) is 3.65. The molecule has 4 aromatic carbocycles. The Morgan fingerprint density at radius 2 is 1.36 bits per heavy atom. The summed E-state index contributed by atoms with van der Waals surface area (Å²) in [5.74, 6) is 1.53. The molecule has 36 heavy (non-hydrogen) atoms. The maximum atomic E-state index is 9.38. The molecule has 0 atom stereocenters. The van der Waals surface area contributed by atoms with Crippen LogP contribution in [0.2, 0.25) is 5.15 Å². The molecule has 0 saturated heterocycles. The highest BCUT2D eigenvalue weighted by atomic mass is 35.5. The van der Waals surface area contributed by atoms with Crippen LogP contribution >= 0.6 is 11.6 Å². The lowest BCUT2D eigenvalue weighted by atomic mass is 10.0. The maximum Gasteiger partial charge on any atom is 0.224 e. The second-order valence-electron chi connectivity index (χ2n) is 7.95. The fourth-order valence-corrected chi connectivity index (χ4v) is 3.82. The molecule has 0 aliphatic carbocycles. The van der Waals surface area contributed by atoms with Gasteiger partial charge in [-0.2, -0.15) is 10.2 Å². The molecule has 0 amide bonds. The summed E-state index contributed by atoms with van der Waals surface area (Å²) in [5.41, 5.74) is 4.47. The molecule has 1 aromatic heterocycles. The van der Waals surface area contributed by atoms with E-state index in [4.69, 9.17) is 21.1 Å². The molecule has 5 aromatic rings. The van der Waals surface area contributed by atoms with E-state index in [1.807, 2.05) is 72.8 Å². The Kier molecular flexibility index (Phi) is 6.88. The molecule has 0 fully saturated rings. The van der Waals surface area contributed by atoms with Crippen molar-refractivity contribution in [2.24, 2.45) is 0 Å². The van der Waals surface area contributed by atoms with Gasteiger partial charge >= 0.3 is 0 Å². The van der Waals surface area contributed by atoms with E-state index in [0.29, 0.717) is 29.5 Å². The molecule has 0 radical (unpaired) electrons. The smallest absolute Gasteiger partial charge is 0.224 e. The van der Waals surface area contributed by atoms with E-state index in [0.717, 1.165) is 22.3 Å². The number of benzene rings is 4. The van der Waals surface area contributed by atoms with Crippen molar-refractivity contribution in [3.63, 3.8) is 0 Å². The van der Waals surface area contributed by atoms with E-state index < -0.39 is 0 Å². The summed E-state index contributed by atoms with van der Waals surface area (Å²) in [6.45, 7) is 0.354. The van der Waals surface area contributed by atoms with Crippen LogP contribution in [0.3, 0.4) is 0 Å². The number of hydrogen-bond acceptors (Lipinski definition) is 5. The average molecular weight is 490 g/mol. The molecule has 0 N–H and O–H groups in total. The minimum Gasteiger partial charge on any atom is -0.485 e. The fraction of sp³-hybridized carbons (Fsp3) is 0.0333. The quantitative estimate of drug-likeness (QED) is 0.219. The van der Waals surface area contributed by atoms with Crippen LogP contribution in [-0.4, -0.2) is 9.97 Å². The molecular weight excluding hydrogens is 470 g/mol. The van der Waals surface area contributed by atoms with Crippen LogP contribution in [0.1, 0.15) is 11.1 Å². The minimum absolute atomic E-state index is 0.241. The van der Waals surface area contributed by atoms with E-state index in [2.05, 4.69) is 28.2 Å². The van der Waals surface area contributed by atoms with Crippen LogP contribution < -0.4 is 9.47 Å². The summed E-state index contributed by atoms with van der Waals surface area (Å²) in [5, 5.41) is 9.62. The lowest BCUT2D eigenvalue weighted by Crippen LogP contribution is -1.99. The lowest BCUT2D eigenvalue weighted by molar-refractivity contribution is 0.290. The van der Waals surface area contributed by atoms with E-state index in [9.17, 15) is 5.26 Å². The predicted molar refractivity (Wildman–Crippen MR) is 140 cm³/mol. The monoisotopic (exact) mass is 489 g/mol. The predicted octanol–water partition coefficient (Wildman–Crippen LogP) is 7.71. The van der Waals surface area contributed by atoms with Gasteiger partial charge in [0.05, 0.1) is 11.6 Å². The molecule has 6 heteroatoms. The van der Waals surface area contributed by atoms with Gasteiger partial charge in [-0.3, -0.25) is 0 Å². The molecule has 0 saturated carbocycles. The summed E-state index contributed by atoms with van der Waals surface area (Å²) in [7, 11) is 0. The summed E-state index contributed by atoms with van der Waals surface area (Å²) in [6, 6.07) is 36.5. The zero-order valence-corrected chi connectivity index (χ0v) is 19.9. The number of aromatic nitrogens is 2. The highest BCUT2D eigenvalue weighted by Crippen LogP contribution is 2.34. The normalized spacial score (nSPS) is 10.4. The van der Waals surface area contributed by atoms with Crippen molar-refractivity contribution in [1.29, 1.82) is 5.26 Å². The Hall–Kier alpha value is -4.66. The first-order valence-electron chi connectivity index (χ1n) is 11.3. The number of hydrogen-bond donors (Lipinski definition) is 0. The summed E-state index contributed by atoms with van der Waals surface area (Å²) in [6.07, 6.45) is 0. The van der Waals surface area contributed by atoms with Crippen LogP contribution in [0.4, 0.5) is 0 Å². The highest BCUT2D eigenvalue weighted by molar-refractivity contribution is 6.29. The third-order valence-corrected chi connectivity index (χ3v) is 5.64. The summed E-state index contributed by atoms with van der Waals surface area (Å²) in [4.78, 5) is 8.93. The Labute approximate surface area is 214 Å². The van der Waals surface area contributed by atoms with Gasteiger partial charge in [0.2, 0.25) is 5.88 Å². The van der Waals surface area contributed by atoms with Gasteiger partial charge in [-0.15, -0.1) is 0 Å². The van der Waals surface area contributed by atoms with Crippen LogP contribution in [0.5, 0.6) is 17.4 Å². The van der Waals surface area contributed by atoms with Crippen molar-refractivity contribution >= 4 is 11.6 Å². The van der Waals surface area contributed by atoms with Crippen molar-refractivity contribution in [2.75, 3.05) is 0 Å². The molecule has 0 aliphatic rings. The first-order chi connectivity index (χ1) is 17.7. The van der Waals surface area contributed by atoms with E-state index in [1.165, 1.54) is 6.07 Å². The Morgan fingerprint density at radius 3 is 2.08 bits per heavy atom. The second-order valence-corrected chi connectivity index (χ2v) is 8.33. The molecule has 0 spiro atoms. The maximum absolute atomic E-state index is 9.38. The molecule has 5 nitrogen and oxygen atoms in total. The third-order valence-electron chi connectivity index (χ3n) is 5.45. The Bertz CT molecular complexity index is 1520. The van der Waals surface area contributed by atoms with E-state index in [-0.39, 0.29) is 11.0 Å². The second kappa shape index (κ2) is 10.7. The van der Waals surface area contributed by atoms with E-state index in [1.54, 1.807) is 18.2 Å². The number of ether oxygens (including phenoxy) is 2. The van der Waals surface area contributed by atoms with Gasteiger partial charge in [0.1, 0.15) is 11.8 Å². The first-order valence-corrected chi connectivity index (χ1v) is 11.6. The molecule has 1 heterocycles. The zero-order chi connectivity index (χ0) is 24.7. The van der Waals surface area contributed by atoms with Gasteiger partial charge in [-0.1, -0.05) is 96.5 Å². The molecule has 174 valence electrons. The minimum atomic E-state index is 0.241. The summed E-state index contributed by atoms with van der Waals surface area (Å²) < 4.78 is 12.0. The van der Waals surface area contributed by atoms with Crippen molar-refractivity contribution in [1.82, 2.24) is 9.97 Å². The third kappa shape index (κ3) is 5.52. The number of rotatable bonds is 7. The van der Waals surface area contributed by atoms with Gasteiger partial charge in [0.15, 0.2) is 17.3 Å². The summed E-state index contributed by atoms with van der Waals surface area (Å²) >= 11 is 6.32. The van der Waals surface area contributed by atoms with Crippen molar-refractivity contribution in [3.05, 3.63) is 125 Å². The number of nitriles is 1. The average Bonchev–Trinajstić information content (AvgIpc) is 2.93. The Balaban J connectivity index is 1.41. The zero-order valence-electron chi connectivity index (χ0n) is 19.1. The SMILES string of the molecule is N#Cc1ccc(OCc2ccccc2)c(Oc2cc(Cl)nc(-c3ccc(-c4ccccc4)cc3)n2)c1. The number of nitrogens with zero attached hydrogens (tertiary/aromatic N) is 3. The van der Waals surface area contributed by atoms with Gasteiger partial charge in [-0.25, -0.2) is 4.98 Å². The molecule has 0 bridgehead atoms. The number of halogens is 1. The van der Waals surface area contributed by atoms with Crippen molar-refractivity contribution in [3.8, 4) is 46.0 Å². The van der Waals surface area contributed by atoms with Gasteiger partial charge < -0.3 is 9.47 Å². The Morgan fingerprint density at radius 1 is 0.694 bits per heavy atom. The van der Waals surface area contributed by atoms with Crippen LogP contribution in [0, 0.1) is 11.3 Å². The molecular formula is C30H20ClN3O2. The van der Waals surface area contributed by atoms with Crippen LogP contribution in [0.25, 0.3) is 22.5 Å². The molecule has 0 aliphatic heterocycles. The van der Waals surface area contributed by atoms with Crippen molar-refractivity contribution in [2.45, 2.75) is 6.61 Å². The van der Waals surface area contributed by atoms with Gasteiger partial charge in [0.25, 0.3) is 0 Å². The molecule has 5 rings (SSSR count). The van der Waals surface area contributed by atoms with Crippen LogP contribution in [0.15, 0.2) is 109 Å². The topological polar surface area (TPSA) is 68.0 Å². The van der Waals surface area contributed by atoms with Crippen molar-refractivity contribution < 1.29 is 9.47 Å². The van der Waals surface area contributed by atoms with Gasteiger partial charge in [-0.05, 0) is 28.8 Å². The standard InChI is InChI=1S/C30H20ClN3O2/c31-28-18-29(34-30(33-28)25-14-12-24(13-15-25)23-9-5-2-6-10-23)36-27-17-22(19-32)11-16-26(27)35-20-21-7-3-1-4-8-21/h1-18H,20H2. The first kappa shape index (κ1) is 23.1. The largest absolute Gasteiger partial charge is 0.485 e. The lowest BCUT2D eigenvalue weighted by Gasteiger charge is -2.13.